The van der Waals surface area contributed by atoms with Crippen LogP contribution in [0.2, 0.25) is 0 Å². The number of amides is 2. The summed E-state index contributed by atoms with van der Waals surface area (Å²) >= 11 is 0. The number of hydrogen-bond donors (Lipinski definition) is 2. The van der Waals surface area contributed by atoms with Crippen LogP contribution in [0.5, 0.6) is 5.75 Å². The summed E-state index contributed by atoms with van der Waals surface area (Å²) in [5.74, 6) is 0.244. The molecule has 0 spiro atoms. The summed E-state index contributed by atoms with van der Waals surface area (Å²) < 4.78 is 0. The second kappa shape index (κ2) is 4.70. The predicted molar refractivity (Wildman–Crippen MR) is 69.8 cm³/mol. The minimum Gasteiger partial charge on any atom is -0.506 e. The normalized spacial score (nSPS) is 23.3. The van der Waals surface area contributed by atoms with Crippen molar-refractivity contribution in [2.24, 2.45) is 0 Å². The maximum absolute atomic E-state index is 11.5. The third-order valence-corrected chi connectivity index (χ3v) is 3.78. The van der Waals surface area contributed by atoms with Gasteiger partial charge in [0.25, 0.3) is 0 Å². The second-order valence-corrected chi connectivity index (χ2v) is 5.19. The average molecular weight is 262 g/mol. The minimum absolute atomic E-state index is 0.0428. The van der Waals surface area contributed by atoms with Gasteiger partial charge in [-0.3, -0.25) is 9.88 Å². The van der Waals surface area contributed by atoms with Crippen LogP contribution in [0, 0.1) is 6.92 Å². The molecule has 2 aliphatic heterocycles. The smallest absolute Gasteiger partial charge is 0.317 e. The van der Waals surface area contributed by atoms with Gasteiger partial charge in [0.05, 0.1) is 11.7 Å². The third-order valence-electron chi connectivity index (χ3n) is 3.78. The molecule has 2 aliphatic rings. The number of pyridine rings is 1. The van der Waals surface area contributed by atoms with E-state index >= 15 is 0 Å². The lowest BCUT2D eigenvalue weighted by atomic mass is 10.2. The summed E-state index contributed by atoms with van der Waals surface area (Å²) in [7, 11) is 0. The zero-order valence-corrected chi connectivity index (χ0v) is 11.0. The number of aromatic hydroxyl groups is 1. The number of aromatic nitrogens is 1. The van der Waals surface area contributed by atoms with Gasteiger partial charge in [0, 0.05) is 38.4 Å². The fourth-order valence-electron chi connectivity index (χ4n) is 2.74. The number of fused-ring (bicyclic) bond motifs is 1. The van der Waals surface area contributed by atoms with Gasteiger partial charge >= 0.3 is 6.03 Å². The van der Waals surface area contributed by atoms with E-state index in [1.54, 1.807) is 12.1 Å². The Balaban J connectivity index is 1.68. The molecule has 2 amide bonds. The number of urea groups is 1. The van der Waals surface area contributed by atoms with Gasteiger partial charge in [-0.15, -0.1) is 0 Å². The van der Waals surface area contributed by atoms with Crippen LogP contribution >= 0.6 is 0 Å². The molecule has 0 bridgehead atoms. The molecule has 102 valence electrons. The van der Waals surface area contributed by atoms with E-state index in [1.165, 1.54) is 0 Å². The molecule has 1 atom stereocenters. The molecule has 19 heavy (non-hydrogen) atoms. The monoisotopic (exact) mass is 262 g/mol. The first-order valence-corrected chi connectivity index (χ1v) is 6.56. The molecular weight excluding hydrogens is 244 g/mol. The molecule has 1 aromatic heterocycles. The van der Waals surface area contributed by atoms with Crippen LogP contribution in [-0.2, 0) is 6.54 Å². The minimum atomic E-state index is 0.0428. The largest absolute Gasteiger partial charge is 0.506 e. The van der Waals surface area contributed by atoms with Gasteiger partial charge in [0.2, 0.25) is 0 Å². The van der Waals surface area contributed by atoms with Crippen LogP contribution in [-0.4, -0.2) is 58.1 Å². The van der Waals surface area contributed by atoms with E-state index in [4.69, 9.17) is 0 Å². The van der Waals surface area contributed by atoms with Crippen molar-refractivity contribution in [1.82, 2.24) is 20.1 Å². The molecule has 0 aliphatic carbocycles. The van der Waals surface area contributed by atoms with Gasteiger partial charge in [-0.1, -0.05) is 0 Å². The van der Waals surface area contributed by atoms with E-state index in [0.29, 0.717) is 18.8 Å². The highest BCUT2D eigenvalue weighted by Gasteiger charge is 2.35. The SMILES string of the molecule is Cc1ccc(O)c(CN2CCN3C(=O)NCC3C2)n1. The van der Waals surface area contributed by atoms with E-state index in [9.17, 15) is 9.90 Å². The van der Waals surface area contributed by atoms with Gasteiger partial charge in [-0.2, -0.15) is 0 Å². The Kier molecular flexibility index (Phi) is 3.02. The number of hydrogen-bond acceptors (Lipinski definition) is 4. The first-order valence-electron chi connectivity index (χ1n) is 6.56. The average Bonchev–Trinajstić information content (AvgIpc) is 2.75. The molecule has 1 unspecified atom stereocenters. The van der Waals surface area contributed by atoms with Crippen LogP contribution in [0.15, 0.2) is 12.1 Å². The van der Waals surface area contributed by atoms with Crippen molar-refractivity contribution >= 4 is 6.03 Å². The topological polar surface area (TPSA) is 68.7 Å². The molecule has 3 rings (SSSR count). The maximum atomic E-state index is 11.5. The lowest BCUT2D eigenvalue weighted by Gasteiger charge is -2.36. The summed E-state index contributed by atoms with van der Waals surface area (Å²) in [6, 6.07) is 3.78. The van der Waals surface area contributed by atoms with Crippen molar-refractivity contribution < 1.29 is 9.90 Å². The van der Waals surface area contributed by atoms with Crippen molar-refractivity contribution in [3.05, 3.63) is 23.5 Å². The summed E-state index contributed by atoms with van der Waals surface area (Å²) in [4.78, 5) is 20.0. The molecule has 2 N–H and O–H groups in total. The molecule has 0 radical (unpaired) electrons. The Morgan fingerprint density at radius 2 is 2.32 bits per heavy atom. The maximum Gasteiger partial charge on any atom is 0.317 e. The molecule has 6 nitrogen and oxygen atoms in total. The van der Waals surface area contributed by atoms with Crippen molar-refractivity contribution in [3.8, 4) is 5.75 Å². The van der Waals surface area contributed by atoms with Crippen LogP contribution in [0.3, 0.4) is 0 Å². The molecule has 2 fully saturated rings. The molecule has 6 heteroatoms. The summed E-state index contributed by atoms with van der Waals surface area (Å²) in [6.07, 6.45) is 0. The van der Waals surface area contributed by atoms with E-state index in [0.717, 1.165) is 25.3 Å². The fraction of sp³-hybridized carbons (Fsp3) is 0.538. The lowest BCUT2D eigenvalue weighted by Crippen LogP contribution is -2.51. The van der Waals surface area contributed by atoms with Gasteiger partial charge in [-0.05, 0) is 19.1 Å². The van der Waals surface area contributed by atoms with Gasteiger partial charge in [0.15, 0.2) is 0 Å². The van der Waals surface area contributed by atoms with Gasteiger partial charge < -0.3 is 15.3 Å². The highest BCUT2D eigenvalue weighted by Crippen LogP contribution is 2.20. The highest BCUT2D eigenvalue weighted by atomic mass is 16.3. The molecule has 1 aromatic rings. The van der Waals surface area contributed by atoms with Crippen molar-refractivity contribution in [1.29, 1.82) is 0 Å². The Morgan fingerprint density at radius 1 is 1.47 bits per heavy atom. The second-order valence-electron chi connectivity index (χ2n) is 5.19. The Labute approximate surface area is 112 Å². The van der Waals surface area contributed by atoms with Gasteiger partial charge in [0.1, 0.15) is 5.75 Å². The van der Waals surface area contributed by atoms with E-state index in [1.807, 2.05) is 11.8 Å². The van der Waals surface area contributed by atoms with E-state index in [2.05, 4.69) is 15.2 Å². The molecule has 2 saturated heterocycles. The standard InChI is InChI=1S/C13H18N4O2/c1-9-2-3-12(18)11(15-9)8-16-4-5-17-10(7-16)6-14-13(17)19/h2-3,10,18H,4-8H2,1H3,(H,14,19). The van der Waals surface area contributed by atoms with Gasteiger partial charge in [-0.25, -0.2) is 4.79 Å². The van der Waals surface area contributed by atoms with Crippen LogP contribution in [0.4, 0.5) is 4.79 Å². The van der Waals surface area contributed by atoms with E-state index < -0.39 is 0 Å². The summed E-state index contributed by atoms with van der Waals surface area (Å²) in [5, 5.41) is 12.7. The Hall–Kier alpha value is -1.82. The molecular formula is C13H18N4O2. The molecule has 3 heterocycles. The predicted octanol–water partition coefficient (Wildman–Crippen LogP) is 0.305. The molecule has 0 aromatic carbocycles. The number of nitrogens with zero attached hydrogens (tertiary/aromatic N) is 3. The number of carbonyl (C=O) groups excluding carboxylic acids is 1. The Morgan fingerprint density at radius 3 is 3.16 bits per heavy atom. The fourth-order valence-corrected chi connectivity index (χ4v) is 2.74. The number of nitrogens with one attached hydrogen (secondary N) is 1. The Bertz CT molecular complexity index is 505. The lowest BCUT2D eigenvalue weighted by molar-refractivity contribution is 0.115. The first kappa shape index (κ1) is 12.2. The van der Waals surface area contributed by atoms with Crippen molar-refractivity contribution in [2.75, 3.05) is 26.2 Å². The van der Waals surface area contributed by atoms with Crippen LogP contribution in [0.25, 0.3) is 0 Å². The van der Waals surface area contributed by atoms with Crippen molar-refractivity contribution in [2.45, 2.75) is 19.5 Å². The third kappa shape index (κ3) is 2.35. The quantitative estimate of drug-likeness (QED) is 0.804. The van der Waals surface area contributed by atoms with E-state index in [-0.39, 0.29) is 17.8 Å². The summed E-state index contributed by atoms with van der Waals surface area (Å²) in [6.45, 7) is 5.64. The zero-order chi connectivity index (χ0) is 13.4. The van der Waals surface area contributed by atoms with Crippen molar-refractivity contribution in [3.63, 3.8) is 0 Å². The number of rotatable bonds is 2. The summed E-state index contributed by atoms with van der Waals surface area (Å²) in [5.41, 5.74) is 1.62. The highest BCUT2D eigenvalue weighted by molar-refractivity contribution is 5.77. The van der Waals surface area contributed by atoms with Crippen LogP contribution < -0.4 is 5.32 Å². The number of aryl methyl sites for hydroxylation is 1. The zero-order valence-electron chi connectivity index (χ0n) is 11.0. The number of carbonyl (C=O) groups is 1. The number of piperazine rings is 1. The van der Waals surface area contributed by atoms with Crippen LogP contribution in [0.1, 0.15) is 11.4 Å². The molecule has 0 saturated carbocycles. The first-order chi connectivity index (χ1) is 9.13.